The summed E-state index contributed by atoms with van der Waals surface area (Å²) in [6.45, 7) is 9.36. The van der Waals surface area contributed by atoms with Gasteiger partial charge in [-0.2, -0.15) is 0 Å². The van der Waals surface area contributed by atoms with Gasteiger partial charge in [0.05, 0.1) is 10.9 Å². The van der Waals surface area contributed by atoms with Crippen molar-refractivity contribution in [1.29, 1.82) is 0 Å². The number of aromatic nitrogens is 3. The maximum absolute atomic E-state index is 12.8. The number of hydrogen-bond donors (Lipinski definition) is 3. The summed E-state index contributed by atoms with van der Waals surface area (Å²) in [4.78, 5) is 39.9. The van der Waals surface area contributed by atoms with Crippen molar-refractivity contribution in [1.82, 2.24) is 15.2 Å². The maximum Gasteiger partial charge on any atom is 0.278 e. The molecule has 33 heavy (non-hydrogen) atoms. The van der Waals surface area contributed by atoms with Crippen LogP contribution in [0, 0.1) is 20.8 Å². The molecule has 0 saturated carbocycles. The summed E-state index contributed by atoms with van der Waals surface area (Å²) in [6.07, 6.45) is 0.313. The minimum absolute atomic E-state index is 0.0988. The number of H-pyrrole nitrogens is 1. The van der Waals surface area contributed by atoms with Gasteiger partial charge in [0, 0.05) is 17.7 Å². The Balaban J connectivity index is 1.77. The summed E-state index contributed by atoms with van der Waals surface area (Å²) in [6, 6.07) is 11.1. The molecule has 1 aromatic heterocycles. The lowest BCUT2D eigenvalue weighted by Gasteiger charge is -2.13. The molecule has 0 fully saturated rings. The van der Waals surface area contributed by atoms with E-state index in [0.717, 1.165) is 28.5 Å². The second-order valence-electron chi connectivity index (χ2n) is 7.81. The van der Waals surface area contributed by atoms with Gasteiger partial charge in [0.15, 0.2) is 10.9 Å². The molecule has 1 heterocycles. The van der Waals surface area contributed by atoms with Gasteiger partial charge in [0.2, 0.25) is 11.8 Å². The van der Waals surface area contributed by atoms with Crippen LogP contribution in [0.25, 0.3) is 11.3 Å². The number of amides is 2. The normalized spacial score (nSPS) is 11.7. The average Bonchev–Trinajstić information content (AvgIpc) is 2.77. The molecule has 0 bridgehead atoms. The third-order valence-corrected chi connectivity index (χ3v) is 6.11. The smallest absolute Gasteiger partial charge is 0.278 e. The minimum atomic E-state index is -0.513. The Morgan fingerprint density at radius 3 is 2.45 bits per heavy atom. The molecule has 1 atom stereocenters. The SMILES string of the molecule is CCC(=O)Nc1ccc(C)cc1-c1nnc(SC(C)C(=O)Nc2ccc(C)c(C)c2)[nH]c1=O. The standard InChI is InChI=1S/C24H27N5O3S/c1-6-20(30)26-19-10-7-13(2)11-18(19)21-23(32)27-24(29-28-21)33-16(5)22(31)25-17-9-8-14(3)15(4)12-17/h7-12,16H,6H2,1-5H3,(H,25,31)(H,26,30)(H,27,29,32). The quantitative estimate of drug-likeness (QED) is 0.450. The van der Waals surface area contributed by atoms with E-state index in [1.807, 2.05) is 45.0 Å². The van der Waals surface area contributed by atoms with Crippen molar-refractivity contribution in [3.63, 3.8) is 0 Å². The molecule has 2 amide bonds. The fourth-order valence-electron chi connectivity index (χ4n) is 3.04. The molecule has 9 heteroatoms. The Morgan fingerprint density at radius 1 is 1.03 bits per heavy atom. The van der Waals surface area contributed by atoms with E-state index in [0.29, 0.717) is 23.4 Å². The van der Waals surface area contributed by atoms with Crippen molar-refractivity contribution < 1.29 is 9.59 Å². The van der Waals surface area contributed by atoms with Gasteiger partial charge in [-0.25, -0.2) is 0 Å². The van der Waals surface area contributed by atoms with Gasteiger partial charge in [-0.15, -0.1) is 10.2 Å². The number of anilines is 2. The van der Waals surface area contributed by atoms with E-state index < -0.39 is 10.8 Å². The van der Waals surface area contributed by atoms with Crippen LogP contribution in [0.15, 0.2) is 46.3 Å². The van der Waals surface area contributed by atoms with Gasteiger partial charge in [0.1, 0.15) is 0 Å². The van der Waals surface area contributed by atoms with Crippen molar-refractivity contribution in [2.75, 3.05) is 10.6 Å². The van der Waals surface area contributed by atoms with Crippen LogP contribution in [0.5, 0.6) is 0 Å². The van der Waals surface area contributed by atoms with Gasteiger partial charge in [-0.05, 0) is 63.1 Å². The molecule has 0 aliphatic rings. The average molecular weight is 466 g/mol. The number of rotatable bonds is 7. The molecule has 2 aromatic carbocycles. The van der Waals surface area contributed by atoms with Crippen LogP contribution in [0.1, 0.15) is 37.0 Å². The van der Waals surface area contributed by atoms with Crippen LogP contribution >= 0.6 is 11.8 Å². The van der Waals surface area contributed by atoms with Crippen molar-refractivity contribution in [2.24, 2.45) is 0 Å². The highest BCUT2D eigenvalue weighted by molar-refractivity contribution is 8.00. The first-order valence-electron chi connectivity index (χ1n) is 10.6. The molecule has 0 spiro atoms. The van der Waals surface area contributed by atoms with Crippen LogP contribution < -0.4 is 16.2 Å². The number of nitrogens with one attached hydrogen (secondary N) is 3. The molecule has 0 saturated heterocycles. The summed E-state index contributed by atoms with van der Waals surface area (Å²) < 4.78 is 0. The molecule has 172 valence electrons. The number of nitrogens with zero attached hydrogens (tertiary/aromatic N) is 2. The second kappa shape index (κ2) is 10.4. The van der Waals surface area contributed by atoms with Gasteiger partial charge in [0.25, 0.3) is 5.56 Å². The Morgan fingerprint density at radius 2 is 1.79 bits per heavy atom. The number of carbonyl (C=O) groups is 2. The summed E-state index contributed by atoms with van der Waals surface area (Å²) in [7, 11) is 0. The number of benzene rings is 2. The van der Waals surface area contributed by atoms with E-state index in [4.69, 9.17) is 0 Å². The molecule has 3 rings (SSSR count). The van der Waals surface area contributed by atoms with E-state index in [2.05, 4.69) is 25.8 Å². The number of thioether (sulfide) groups is 1. The van der Waals surface area contributed by atoms with Gasteiger partial charge >= 0.3 is 0 Å². The van der Waals surface area contributed by atoms with E-state index in [1.165, 1.54) is 0 Å². The predicted molar refractivity (Wildman–Crippen MR) is 132 cm³/mol. The molecule has 0 aliphatic carbocycles. The lowest BCUT2D eigenvalue weighted by atomic mass is 10.1. The molecule has 8 nitrogen and oxygen atoms in total. The first-order chi connectivity index (χ1) is 15.7. The summed E-state index contributed by atoms with van der Waals surface area (Å²) in [5.41, 5.74) is 4.49. The monoisotopic (exact) mass is 465 g/mol. The molecule has 3 N–H and O–H groups in total. The maximum atomic E-state index is 12.8. The molecule has 0 aliphatic heterocycles. The Kier molecular flexibility index (Phi) is 7.65. The van der Waals surface area contributed by atoms with Crippen LogP contribution in [-0.2, 0) is 9.59 Å². The first kappa shape index (κ1) is 24.2. The van der Waals surface area contributed by atoms with Crippen LogP contribution in [-0.4, -0.2) is 32.2 Å². The zero-order chi connectivity index (χ0) is 24.1. The second-order valence-corrected chi connectivity index (χ2v) is 9.14. The third-order valence-electron chi connectivity index (χ3n) is 5.13. The highest BCUT2D eigenvalue weighted by atomic mass is 32.2. The minimum Gasteiger partial charge on any atom is -0.325 e. The van der Waals surface area contributed by atoms with E-state index in [-0.39, 0.29) is 22.7 Å². The molecular formula is C24H27N5O3S. The highest BCUT2D eigenvalue weighted by Gasteiger charge is 2.19. The van der Waals surface area contributed by atoms with Crippen LogP contribution in [0.2, 0.25) is 0 Å². The van der Waals surface area contributed by atoms with Gasteiger partial charge in [-0.1, -0.05) is 36.4 Å². The van der Waals surface area contributed by atoms with E-state index >= 15 is 0 Å². The van der Waals surface area contributed by atoms with Crippen molar-refractivity contribution in [3.05, 3.63) is 63.4 Å². The fourth-order valence-corrected chi connectivity index (χ4v) is 3.78. The zero-order valence-electron chi connectivity index (χ0n) is 19.3. The number of aryl methyl sites for hydroxylation is 3. The molecule has 0 radical (unpaired) electrons. The van der Waals surface area contributed by atoms with E-state index in [9.17, 15) is 14.4 Å². The van der Waals surface area contributed by atoms with E-state index in [1.54, 1.807) is 26.0 Å². The molecular weight excluding hydrogens is 438 g/mol. The summed E-state index contributed by atoms with van der Waals surface area (Å²) in [5.74, 6) is -0.376. The molecule has 3 aromatic rings. The lowest BCUT2D eigenvalue weighted by Crippen LogP contribution is -2.24. The van der Waals surface area contributed by atoms with Crippen molar-refractivity contribution >= 4 is 35.0 Å². The van der Waals surface area contributed by atoms with Crippen LogP contribution in [0.4, 0.5) is 11.4 Å². The zero-order valence-corrected chi connectivity index (χ0v) is 20.1. The first-order valence-corrected chi connectivity index (χ1v) is 11.5. The third kappa shape index (κ3) is 6.07. The number of aromatic amines is 1. The lowest BCUT2D eigenvalue weighted by molar-refractivity contribution is -0.116. The largest absolute Gasteiger partial charge is 0.325 e. The Labute approximate surface area is 196 Å². The highest BCUT2D eigenvalue weighted by Crippen LogP contribution is 2.26. The number of carbonyl (C=O) groups excluding carboxylic acids is 2. The Hall–Kier alpha value is -3.46. The van der Waals surface area contributed by atoms with Crippen LogP contribution in [0.3, 0.4) is 0 Å². The topological polar surface area (TPSA) is 117 Å². The predicted octanol–water partition coefficient (Wildman–Crippen LogP) is 4.22. The summed E-state index contributed by atoms with van der Waals surface area (Å²) in [5, 5.41) is 13.6. The van der Waals surface area contributed by atoms with Crippen molar-refractivity contribution in [3.8, 4) is 11.3 Å². The molecule has 1 unspecified atom stereocenters. The van der Waals surface area contributed by atoms with Crippen molar-refractivity contribution in [2.45, 2.75) is 51.4 Å². The summed E-state index contributed by atoms with van der Waals surface area (Å²) >= 11 is 1.11. The fraction of sp³-hybridized carbons (Fsp3) is 0.292. The number of hydrogen-bond acceptors (Lipinski definition) is 6. The Bertz CT molecular complexity index is 1260. The van der Waals surface area contributed by atoms with Gasteiger partial charge < -0.3 is 10.6 Å². The van der Waals surface area contributed by atoms with Gasteiger partial charge in [-0.3, -0.25) is 19.4 Å².